The van der Waals surface area contributed by atoms with Gasteiger partial charge in [-0.3, -0.25) is 4.79 Å². The van der Waals surface area contributed by atoms with Crippen LogP contribution in [0, 0.1) is 5.92 Å². The van der Waals surface area contributed by atoms with Gasteiger partial charge in [-0.2, -0.15) is 4.98 Å². The lowest BCUT2D eigenvalue weighted by Crippen LogP contribution is -2.14. The summed E-state index contributed by atoms with van der Waals surface area (Å²) in [4.78, 5) is 16.0. The highest BCUT2D eigenvalue weighted by Gasteiger charge is 2.27. The van der Waals surface area contributed by atoms with Gasteiger partial charge in [0.05, 0.1) is 6.61 Å². The van der Waals surface area contributed by atoms with Crippen LogP contribution in [0.2, 0.25) is 0 Å². The molecule has 1 aromatic rings. The lowest BCUT2D eigenvalue weighted by Gasteiger charge is -2.23. The molecule has 5 nitrogen and oxygen atoms in total. The van der Waals surface area contributed by atoms with Crippen molar-refractivity contribution in [3.63, 3.8) is 0 Å². The monoisotopic (exact) mass is 266 g/mol. The van der Waals surface area contributed by atoms with E-state index in [9.17, 15) is 4.79 Å². The van der Waals surface area contributed by atoms with Gasteiger partial charge in [-0.25, -0.2) is 0 Å². The lowest BCUT2D eigenvalue weighted by molar-refractivity contribution is -0.145. The van der Waals surface area contributed by atoms with Crippen molar-refractivity contribution in [2.75, 3.05) is 6.61 Å². The van der Waals surface area contributed by atoms with Crippen LogP contribution in [0.5, 0.6) is 0 Å². The molecule has 106 valence electrons. The van der Waals surface area contributed by atoms with Crippen molar-refractivity contribution in [2.24, 2.45) is 5.92 Å². The predicted molar refractivity (Wildman–Crippen MR) is 69.7 cm³/mol. The highest BCUT2D eigenvalue weighted by molar-refractivity contribution is 5.76. The molecule has 5 heteroatoms. The van der Waals surface area contributed by atoms with Crippen LogP contribution in [0.15, 0.2) is 4.52 Å². The number of ether oxygens (including phenoxy) is 1. The van der Waals surface area contributed by atoms with Crippen molar-refractivity contribution in [1.82, 2.24) is 10.1 Å². The molecule has 1 aliphatic carbocycles. The van der Waals surface area contributed by atoms with Crippen molar-refractivity contribution < 1.29 is 14.1 Å². The number of hydrogen-bond donors (Lipinski definition) is 0. The zero-order valence-electron chi connectivity index (χ0n) is 11.9. The first-order valence-electron chi connectivity index (χ1n) is 7.12. The fourth-order valence-corrected chi connectivity index (χ4v) is 2.48. The van der Waals surface area contributed by atoms with E-state index in [0.717, 1.165) is 24.6 Å². The maximum atomic E-state index is 11.6. The molecule has 2 rings (SSSR count). The van der Waals surface area contributed by atoms with Crippen molar-refractivity contribution in [3.05, 3.63) is 11.7 Å². The molecule has 1 unspecified atom stereocenters. The van der Waals surface area contributed by atoms with Gasteiger partial charge in [0.1, 0.15) is 5.92 Å². The van der Waals surface area contributed by atoms with Gasteiger partial charge in [0.15, 0.2) is 5.82 Å². The van der Waals surface area contributed by atoms with Crippen LogP contribution in [0.4, 0.5) is 0 Å². The summed E-state index contributed by atoms with van der Waals surface area (Å²) in [6.07, 6.45) is 4.63. The summed E-state index contributed by atoms with van der Waals surface area (Å²) in [7, 11) is 0. The summed E-state index contributed by atoms with van der Waals surface area (Å²) in [6, 6.07) is 0. The average Bonchev–Trinajstić information content (AvgIpc) is 2.88. The number of carbonyl (C=O) groups is 1. The molecule has 0 radical (unpaired) electrons. The van der Waals surface area contributed by atoms with Gasteiger partial charge in [0.2, 0.25) is 5.89 Å². The van der Waals surface area contributed by atoms with Crippen molar-refractivity contribution in [2.45, 2.75) is 58.3 Å². The SMILES string of the molecule is CCOC(=O)C(C)c1nc(C2CCC(C)CC2)no1. The molecule has 0 N–H and O–H groups in total. The van der Waals surface area contributed by atoms with E-state index in [4.69, 9.17) is 9.26 Å². The molecule has 0 spiro atoms. The Bertz CT molecular complexity index is 422. The molecule has 0 bridgehead atoms. The van der Waals surface area contributed by atoms with Crippen molar-refractivity contribution >= 4 is 5.97 Å². The number of esters is 1. The Kier molecular flexibility index (Phi) is 4.56. The van der Waals surface area contributed by atoms with Crippen LogP contribution in [0.3, 0.4) is 0 Å². The maximum Gasteiger partial charge on any atom is 0.318 e. The highest BCUT2D eigenvalue weighted by atomic mass is 16.5. The minimum atomic E-state index is -0.483. The third-order valence-electron chi connectivity index (χ3n) is 3.85. The van der Waals surface area contributed by atoms with Gasteiger partial charge in [-0.05, 0) is 32.6 Å². The third kappa shape index (κ3) is 3.33. The fourth-order valence-electron chi connectivity index (χ4n) is 2.48. The number of rotatable bonds is 4. The molecule has 1 atom stereocenters. The molecule has 0 aliphatic heterocycles. The minimum absolute atomic E-state index is 0.310. The van der Waals surface area contributed by atoms with Gasteiger partial charge in [-0.1, -0.05) is 24.9 Å². The number of carbonyl (C=O) groups excluding carboxylic acids is 1. The molecular weight excluding hydrogens is 244 g/mol. The summed E-state index contributed by atoms with van der Waals surface area (Å²) in [5.74, 6) is 1.49. The highest BCUT2D eigenvalue weighted by Crippen LogP contribution is 2.34. The summed E-state index contributed by atoms with van der Waals surface area (Å²) in [5, 5.41) is 4.03. The molecule has 1 heterocycles. The van der Waals surface area contributed by atoms with E-state index >= 15 is 0 Å². The zero-order chi connectivity index (χ0) is 13.8. The molecule has 19 heavy (non-hydrogen) atoms. The summed E-state index contributed by atoms with van der Waals surface area (Å²) in [6.45, 7) is 6.16. The number of nitrogens with zero attached hydrogens (tertiary/aromatic N) is 2. The number of hydrogen-bond acceptors (Lipinski definition) is 5. The molecule has 1 aromatic heterocycles. The quantitative estimate of drug-likeness (QED) is 0.784. The van der Waals surface area contributed by atoms with Gasteiger partial charge in [0, 0.05) is 5.92 Å². The van der Waals surface area contributed by atoms with Crippen LogP contribution in [-0.4, -0.2) is 22.7 Å². The Morgan fingerprint density at radius 2 is 2.11 bits per heavy atom. The van der Waals surface area contributed by atoms with E-state index in [2.05, 4.69) is 17.1 Å². The molecule has 1 fully saturated rings. The topological polar surface area (TPSA) is 65.2 Å². The molecule has 0 amide bonds. The van der Waals surface area contributed by atoms with Gasteiger partial charge in [0.25, 0.3) is 0 Å². The van der Waals surface area contributed by atoms with E-state index in [-0.39, 0.29) is 5.97 Å². The van der Waals surface area contributed by atoms with E-state index in [1.807, 2.05) is 0 Å². The number of aromatic nitrogens is 2. The molecule has 0 saturated heterocycles. The normalized spacial score (nSPS) is 25.0. The van der Waals surface area contributed by atoms with Gasteiger partial charge in [-0.15, -0.1) is 0 Å². The van der Waals surface area contributed by atoms with Crippen LogP contribution >= 0.6 is 0 Å². The van der Waals surface area contributed by atoms with E-state index in [0.29, 0.717) is 18.4 Å². The van der Waals surface area contributed by atoms with Crippen LogP contribution in [-0.2, 0) is 9.53 Å². The standard InChI is InChI=1S/C14H22N2O3/c1-4-18-14(17)10(3)13-15-12(16-19-13)11-7-5-9(2)6-8-11/h9-11H,4-8H2,1-3H3. The summed E-state index contributed by atoms with van der Waals surface area (Å²) in [5.41, 5.74) is 0. The molecular formula is C14H22N2O3. The first-order chi connectivity index (χ1) is 9.11. The fraction of sp³-hybridized carbons (Fsp3) is 0.786. The first-order valence-corrected chi connectivity index (χ1v) is 7.12. The average molecular weight is 266 g/mol. The van der Waals surface area contributed by atoms with Crippen molar-refractivity contribution in [1.29, 1.82) is 0 Å². The Morgan fingerprint density at radius 3 is 2.74 bits per heavy atom. The van der Waals surface area contributed by atoms with E-state index < -0.39 is 5.92 Å². The van der Waals surface area contributed by atoms with Crippen LogP contribution in [0.25, 0.3) is 0 Å². The summed E-state index contributed by atoms with van der Waals surface area (Å²) >= 11 is 0. The van der Waals surface area contributed by atoms with Crippen LogP contribution in [0.1, 0.15) is 70.0 Å². The maximum absolute atomic E-state index is 11.6. The second-order valence-corrected chi connectivity index (χ2v) is 5.42. The van der Waals surface area contributed by atoms with E-state index in [1.54, 1.807) is 13.8 Å². The van der Waals surface area contributed by atoms with Crippen LogP contribution < -0.4 is 0 Å². The molecule has 1 aliphatic rings. The minimum Gasteiger partial charge on any atom is -0.465 e. The summed E-state index contributed by atoms with van der Waals surface area (Å²) < 4.78 is 10.2. The third-order valence-corrected chi connectivity index (χ3v) is 3.85. The van der Waals surface area contributed by atoms with Gasteiger partial charge >= 0.3 is 5.97 Å². The largest absolute Gasteiger partial charge is 0.465 e. The Labute approximate surface area is 113 Å². The Balaban J connectivity index is 2.00. The lowest BCUT2D eigenvalue weighted by atomic mass is 9.83. The zero-order valence-corrected chi connectivity index (χ0v) is 11.9. The van der Waals surface area contributed by atoms with Crippen molar-refractivity contribution in [3.8, 4) is 0 Å². The van der Waals surface area contributed by atoms with E-state index in [1.165, 1.54) is 12.8 Å². The van der Waals surface area contributed by atoms with Gasteiger partial charge < -0.3 is 9.26 Å². The second-order valence-electron chi connectivity index (χ2n) is 5.42. The predicted octanol–water partition coefficient (Wildman–Crippen LogP) is 3.03. The first kappa shape index (κ1) is 14.0. The smallest absolute Gasteiger partial charge is 0.318 e. The second kappa shape index (κ2) is 6.17. The Hall–Kier alpha value is -1.39. The molecule has 1 saturated carbocycles. The molecule has 0 aromatic carbocycles. The Morgan fingerprint density at radius 1 is 1.42 bits per heavy atom.